The Bertz CT molecular complexity index is 2270. The van der Waals surface area contributed by atoms with Crippen molar-refractivity contribution in [3.63, 3.8) is 0 Å². The molecule has 14 atom stereocenters. The Hall–Kier alpha value is 0.0882. The van der Waals surface area contributed by atoms with Crippen LogP contribution < -0.4 is 0 Å². The molecule has 4 saturated heterocycles. The summed E-state index contributed by atoms with van der Waals surface area (Å²) in [5.41, 5.74) is 2.44. The Morgan fingerprint density at radius 1 is 0.411 bits per heavy atom. The molecule has 0 radical (unpaired) electrons. The normalized spacial score (nSPS) is 27.8. The lowest BCUT2D eigenvalue weighted by molar-refractivity contribution is -0.266. The van der Waals surface area contributed by atoms with Gasteiger partial charge >= 0.3 is 12.3 Å². The fourth-order valence-electron chi connectivity index (χ4n) is 9.61. The van der Waals surface area contributed by atoms with Gasteiger partial charge < -0.3 is 45.5 Å². The lowest BCUT2D eigenvalue weighted by Crippen LogP contribution is -2.69. The predicted molar refractivity (Wildman–Crippen MR) is 399 cm³/mol. The number of hydrogen-bond acceptors (Lipinski definition) is 14. The van der Waals surface area contributed by atoms with Crippen LogP contribution in [0.4, 0.5) is 0 Å². The van der Waals surface area contributed by atoms with Gasteiger partial charge in [-0.3, -0.25) is 0 Å². The third-order valence-electron chi connectivity index (χ3n) is 21.6. The SMILES string of the molecule is C.CC[C@H]1CC[C@@H]2O[C@@H]([C@H](/C=C/I)O[Si](C)(C)C(C)(C)C)[C@@H](O[Si](C)(C)C(C)(C)C)[C@@H](O[Si](C)(C)C(C)(C)C)[C@H]2O1.CC[C@H]1CC[C@@H]2O[C@@H]([C@H](/C=C/[Si](C)(C)C)O[Si](C)(C)C(C)(C)C)[C@@H](O[Si](C)(C)C(C)(C)C)[C@@H](O[Si](C)(C)C(C)(C)C)[C@H]2O1.O=C=O.O=C=O. The minimum atomic E-state index is -2.24. The summed E-state index contributed by atoms with van der Waals surface area (Å²) < 4.78 is 74.4. The van der Waals surface area contributed by atoms with Crippen LogP contribution in [0.2, 0.25) is 128 Å². The minimum Gasteiger partial charge on any atom is -0.408 e. The molecule has 14 nitrogen and oxygen atoms in total. The van der Waals surface area contributed by atoms with Gasteiger partial charge in [0.05, 0.1) is 44.7 Å². The molecule has 4 rings (SSSR count). The number of ether oxygens (including phenoxy) is 4. The van der Waals surface area contributed by atoms with E-state index in [0.717, 1.165) is 38.5 Å². The van der Waals surface area contributed by atoms with Gasteiger partial charge in [-0.15, -0.1) is 0 Å². The van der Waals surface area contributed by atoms with E-state index in [1.54, 1.807) is 0 Å². The van der Waals surface area contributed by atoms with Crippen molar-refractivity contribution in [1.82, 2.24) is 0 Å². The first-order chi connectivity index (χ1) is 39.7. The Morgan fingerprint density at radius 2 is 0.656 bits per heavy atom. The molecule has 4 aliphatic heterocycles. The maximum Gasteiger partial charge on any atom is 0.373 e. The molecular formula is C68H139IO14Si7. The van der Waals surface area contributed by atoms with E-state index in [1.807, 2.05) is 0 Å². The molecule has 90 heavy (non-hydrogen) atoms. The first-order valence-corrected chi connectivity index (χ1v) is 55.7. The van der Waals surface area contributed by atoms with Crippen LogP contribution >= 0.6 is 22.6 Å². The topological polar surface area (TPSA) is 161 Å². The zero-order valence-corrected chi connectivity index (χ0v) is 72.4. The fourth-order valence-corrected chi connectivity index (χ4v) is 18.5. The highest BCUT2D eigenvalue weighted by Crippen LogP contribution is 2.50. The second-order valence-electron chi connectivity index (χ2n) is 36.0. The molecule has 22 heteroatoms. The lowest BCUT2D eigenvalue weighted by atomic mass is 9.87. The minimum absolute atomic E-state index is 0. The van der Waals surface area contributed by atoms with Crippen molar-refractivity contribution in [3.05, 3.63) is 21.9 Å². The van der Waals surface area contributed by atoms with Gasteiger partial charge in [0.1, 0.15) is 48.8 Å². The van der Waals surface area contributed by atoms with Crippen molar-refractivity contribution in [2.75, 3.05) is 0 Å². The van der Waals surface area contributed by atoms with Crippen LogP contribution in [0.3, 0.4) is 0 Å². The largest absolute Gasteiger partial charge is 0.408 e. The molecule has 4 aliphatic rings. The van der Waals surface area contributed by atoms with Gasteiger partial charge in [-0.05, 0) is 157 Å². The number of halogens is 1. The van der Waals surface area contributed by atoms with Gasteiger partial charge in [-0.2, -0.15) is 19.2 Å². The van der Waals surface area contributed by atoms with Crippen LogP contribution in [0, 0.1) is 0 Å². The monoisotopic (exact) mass is 1500 g/mol. The molecule has 4 fully saturated rings. The standard InChI is InChI=1S/C34H72O5Si4.C31H63IO5Si3.2CO2.CH4/c1-20-25-21-22-26-28(35-25)30(38-42(16,17)33(5,6)7)31(39-43(18,19)34(8,9)10)29(36-26)27(23-24-40(11,12)13)37-41(14,15)32(2,3)4;1-17-22-18-19-23-25(33-22)27(36-39(13,14)30(5,6)7)28(37-40(15,16)31(8,9)10)26(34-23)24(20-21-32)35-38(11,12)29(2,3)4;2*2-1-3;/h23-31H,20-22H2,1-19H3;20-28H,17-19H2,1-16H3;;;1H4/b24-23+;21-20+;;;/t25-,26-,27-,28-,29-,30-,31+;22-,23-,24-,25-,26-,27-,28+;;;/m00.../s1. The number of fused-ring (bicyclic) bond motifs is 2. The second-order valence-corrected chi connectivity index (χ2v) is 70.3. The van der Waals surface area contributed by atoms with Crippen LogP contribution in [-0.2, 0) is 64.7 Å². The highest BCUT2D eigenvalue weighted by atomic mass is 127. The Balaban J connectivity index is 0.00000160. The van der Waals surface area contributed by atoms with E-state index in [0.29, 0.717) is 0 Å². The van der Waals surface area contributed by atoms with E-state index < -0.39 is 58.0 Å². The van der Waals surface area contributed by atoms with Gasteiger partial charge in [0.2, 0.25) is 0 Å². The van der Waals surface area contributed by atoms with Gasteiger partial charge in [0.25, 0.3) is 0 Å². The molecule has 0 aromatic carbocycles. The molecular weight excluding hydrogens is 1360 g/mol. The van der Waals surface area contributed by atoms with Crippen molar-refractivity contribution in [3.8, 4) is 0 Å². The van der Waals surface area contributed by atoms with Crippen LogP contribution in [0.25, 0.3) is 0 Å². The Kier molecular flexibility index (Phi) is 34.3. The summed E-state index contributed by atoms with van der Waals surface area (Å²) in [4.78, 5) is 32.5. The molecule has 0 aromatic heterocycles. The van der Waals surface area contributed by atoms with E-state index in [9.17, 15) is 0 Å². The van der Waals surface area contributed by atoms with Gasteiger partial charge in [0, 0.05) is 0 Å². The fraction of sp³-hybridized carbons (Fsp3) is 0.912. The highest BCUT2D eigenvalue weighted by Gasteiger charge is 2.60. The molecule has 4 heterocycles. The maximum atomic E-state index is 8.12. The third-order valence-corrected chi connectivity index (χ3v) is 50.1. The Labute approximate surface area is 573 Å². The summed E-state index contributed by atoms with van der Waals surface area (Å²) in [6, 6.07) is 0. The number of hydrogen-bond donors (Lipinski definition) is 0. The molecule has 0 aromatic rings. The van der Waals surface area contributed by atoms with Gasteiger partial charge in [-0.1, -0.05) is 200 Å². The molecule has 0 amide bonds. The summed E-state index contributed by atoms with van der Waals surface area (Å²) >= 11 is 2.32. The summed E-state index contributed by atoms with van der Waals surface area (Å²) in [6.07, 6.45) is 9.18. The molecule has 0 aliphatic carbocycles. The first kappa shape index (κ1) is 90.1. The molecule has 530 valence electrons. The predicted octanol–water partition coefficient (Wildman–Crippen LogP) is 19.6. The molecule has 0 N–H and O–H groups in total. The van der Waals surface area contributed by atoms with E-state index in [-0.39, 0.29) is 135 Å². The van der Waals surface area contributed by atoms with Crippen molar-refractivity contribution >= 4 is 92.9 Å². The van der Waals surface area contributed by atoms with Crippen molar-refractivity contribution in [2.24, 2.45) is 0 Å². The zero-order chi connectivity index (χ0) is 70.1. The van der Waals surface area contributed by atoms with E-state index in [2.05, 4.69) is 281 Å². The summed E-state index contributed by atoms with van der Waals surface area (Å²) in [5, 5.41) is 0.367. The van der Waals surface area contributed by atoms with Crippen LogP contribution in [0.15, 0.2) is 21.9 Å². The van der Waals surface area contributed by atoms with E-state index >= 15 is 0 Å². The quantitative estimate of drug-likeness (QED) is 0.0887. The third kappa shape index (κ3) is 25.1. The van der Waals surface area contributed by atoms with E-state index in [1.165, 1.54) is 0 Å². The van der Waals surface area contributed by atoms with Crippen molar-refractivity contribution < 1.29 is 64.7 Å². The number of rotatable bonds is 19. The summed E-state index contributed by atoms with van der Waals surface area (Å²) in [6.45, 7) is 81.5. The summed E-state index contributed by atoms with van der Waals surface area (Å²) in [5.74, 6) is 0. The first-order valence-electron chi connectivity index (χ1n) is 33.4. The van der Waals surface area contributed by atoms with Crippen molar-refractivity contribution in [2.45, 2.75) is 398 Å². The van der Waals surface area contributed by atoms with Gasteiger partial charge in [0.15, 0.2) is 49.9 Å². The van der Waals surface area contributed by atoms with Crippen molar-refractivity contribution in [1.29, 1.82) is 0 Å². The maximum absolute atomic E-state index is 8.12. The molecule has 0 bridgehead atoms. The average molecular weight is 1500 g/mol. The molecule has 0 saturated carbocycles. The smallest absolute Gasteiger partial charge is 0.373 e. The van der Waals surface area contributed by atoms with Crippen LogP contribution in [0.1, 0.15) is 184 Å². The van der Waals surface area contributed by atoms with E-state index in [4.69, 9.17) is 64.7 Å². The lowest BCUT2D eigenvalue weighted by Gasteiger charge is -2.56. The summed E-state index contributed by atoms with van der Waals surface area (Å²) in [7, 11) is -14.6. The molecule has 0 spiro atoms. The highest BCUT2D eigenvalue weighted by molar-refractivity contribution is 14.1. The van der Waals surface area contributed by atoms with Crippen LogP contribution in [0.5, 0.6) is 0 Å². The number of carbonyl (C=O) groups excluding carboxylic acids is 4. The Morgan fingerprint density at radius 3 is 0.878 bits per heavy atom. The second kappa shape index (κ2) is 34.2. The van der Waals surface area contributed by atoms with Crippen LogP contribution in [-0.4, -0.2) is 156 Å². The van der Waals surface area contributed by atoms with Gasteiger partial charge in [-0.25, -0.2) is 0 Å². The zero-order valence-electron chi connectivity index (χ0n) is 63.2. The molecule has 0 unspecified atom stereocenters. The average Bonchev–Trinajstić information content (AvgIpc) is 0.765.